The van der Waals surface area contributed by atoms with Gasteiger partial charge in [-0.05, 0) is 60.8 Å². The number of hydrogen-bond acceptors (Lipinski definition) is 6. The number of hydrogen-bond donors (Lipinski definition) is 1. The molecule has 41 heavy (non-hydrogen) atoms. The zero-order chi connectivity index (χ0) is 29.4. The van der Waals surface area contributed by atoms with E-state index in [0.717, 1.165) is 45.3 Å². The van der Waals surface area contributed by atoms with Gasteiger partial charge in [-0.3, -0.25) is 10.1 Å². The van der Waals surface area contributed by atoms with E-state index in [-0.39, 0.29) is 30.4 Å². The summed E-state index contributed by atoms with van der Waals surface area (Å²) >= 11 is 0. The van der Waals surface area contributed by atoms with Gasteiger partial charge in [0.25, 0.3) is 5.69 Å². The monoisotopic (exact) mass is 563 g/mol. The lowest BCUT2D eigenvalue weighted by Crippen LogP contribution is -2.48. The summed E-state index contributed by atoms with van der Waals surface area (Å²) < 4.78 is 5.57. The number of ether oxygens (including phenoxy) is 1. The van der Waals surface area contributed by atoms with Crippen LogP contribution in [0.15, 0.2) is 67.3 Å². The van der Waals surface area contributed by atoms with E-state index >= 15 is 0 Å². The van der Waals surface area contributed by atoms with Crippen molar-refractivity contribution in [2.75, 3.05) is 40.3 Å². The first-order valence-corrected chi connectivity index (χ1v) is 14.3. The van der Waals surface area contributed by atoms with Crippen molar-refractivity contribution in [3.8, 4) is 0 Å². The molecule has 2 fully saturated rings. The highest BCUT2D eigenvalue weighted by molar-refractivity contribution is 5.73. The molecular weight excluding hydrogens is 522 g/mol. The lowest BCUT2D eigenvalue weighted by Gasteiger charge is -2.39. The van der Waals surface area contributed by atoms with Crippen LogP contribution in [0.5, 0.6) is 0 Å². The van der Waals surface area contributed by atoms with Crippen molar-refractivity contribution in [1.82, 2.24) is 20.0 Å². The van der Waals surface area contributed by atoms with E-state index in [4.69, 9.17) is 4.74 Å². The van der Waals surface area contributed by atoms with Gasteiger partial charge < -0.3 is 24.8 Å². The Morgan fingerprint density at radius 1 is 1.10 bits per heavy atom. The van der Waals surface area contributed by atoms with Crippen molar-refractivity contribution in [1.29, 1.82) is 0 Å². The molecule has 1 saturated heterocycles. The van der Waals surface area contributed by atoms with Crippen LogP contribution in [-0.2, 0) is 11.3 Å². The highest BCUT2D eigenvalue weighted by atomic mass is 16.6. The van der Waals surface area contributed by atoms with Gasteiger partial charge in [-0.15, -0.1) is 6.58 Å². The Morgan fingerprint density at radius 3 is 2.39 bits per heavy atom. The van der Waals surface area contributed by atoms with Crippen molar-refractivity contribution in [3.63, 3.8) is 0 Å². The lowest BCUT2D eigenvalue weighted by atomic mass is 9.88. The van der Waals surface area contributed by atoms with Gasteiger partial charge in [0.1, 0.15) is 6.61 Å². The predicted octanol–water partition coefficient (Wildman–Crippen LogP) is 5.02. The van der Waals surface area contributed by atoms with Gasteiger partial charge in [0, 0.05) is 64.5 Å². The maximum Gasteiger partial charge on any atom is 0.410 e. The van der Waals surface area contributed by atoms with Crippen LogP contribution in [0.25, 0.3) is 0 Å². The van der Waals surface area contributed by atoms with Gasteiger partial charge in [0.2, 0.25) is 0 Å². The fourth-order valence-electron chi connectivity index (χ4n) is 6.06. The first-order valence-electron chi connectivity index (χ1n) is 14.3. The average Bonchev–Trinajstić information content (AvgIpc) is 3.37. The second-order valence-electron chi connectivity index (χ2n) is 11.2. The van der Waals surface area contributed by atoms with E-state index < -0.39 is 11.0 Å². The SMILES string of the molecule is C=CCN(C(=O)OCc1ccc([N+](=O)[O-])cc1)C1CCN(C[C@H]2C[C@H](NC(=O)N(C)C)C[C@@H]2c2ccccc2)CC1. The molecule has 220 valence electrons. The van der Waals surface area contributed by atoms with E-state index in [1.165, 1.54) is 17.7 Å². The Balaban J connectivity index is 1.32. The molecule has 2 aromatic carbocycles. The van der Waals surface area contributed by atoms with Crippen molar-refractivity contribution in [2.45, 2.75) is 50.3 Å². The molecule has 4 rings (SSSR count). The summed E-state index contributed by atoms with van der Waals surface area (Å²) in [7, 11) is 3.53. The number of nitro groups is 1. The van der Waals surface area contributed by atoms with Gasteiger partial charge in [0.15, 0.2) is 0 Å². The molecule has 2 aromatic rings. The summed E-state index contributed by atoms with van der Waals surface area (Å²) in [6.45, 7) is 6.98. The van der Waals surface area contributed by atoms with Crippen molar-refractivity contribution in [3.05, 3.63) is 88.5 Å². The minimum Gasteiger partial charge on any atom is -0.445 e. The number of carbonyl (C=O) groups is 2. The zero-order valence-corrected chi connectivity index (χ0v) is 24.0. The molecule has 1 N–H and O–H groups in total. The summed E-state index contributed by atoms with van der Waals surface area (Å²) in [6, 6.07) is 16.7. The Hall–Kier alpha value is -3.92. The number of nitrogens with one attached hydrogen (secondary N) is 1. The molecule has 1 aliphatic heterocycles. The van der Waals surface area contributed by atoms with Crippen molar-refractivity contribution in [2.24, 2.45) is 5.92 Å². The summed E-state index contributed by atoms with van der Waals surface area (Å²) in [5, 5.41) is 14.1. The van der Waals surface area contributed by atoms with Crippen molar-refractivity contribution < 1.29 is 19.2 Å². The largest absolute Gasteiger partial charge is 0.445 e. The number of nitro benzene ring substituents is 1. The van der Waals surface area contributed by atoms with Crippen molar-refractivity contribution >= 4 is 17.8 Å². The van der Waals surface area contributed by atoms with Crippen LogP contribution >= 0.6 is 0 Å². The standard InChI is InChI=1S/C31H41N5O5/c1-4-16-35(31(38)41-22-23-10-12-28(13-11-23)36(39)40)27-14-17-34(18-15-27)21-25-19-26(32-30(37)33(2)3)20-29(25)24-8-6-5-7-9-24/h4-13,25-27,29H,1,14-22H2,2-3H3,(H,32,37)/t25-,26+,29-/m1/s1. The molecule has 3 atom stereocenters. The van der Waals surface area contributed by atoms with E-state index in [1.54, 1.807) is 42.1 Å². The minimum absolute atomic E-state index is 0.00153. The van der Waals surface area contributed by atoms with E-state index in [1.807, 2.05) is 6.07 Å². The second kappa shape index (κ2) is 14.1. The minimum atomic E-state index is -0.455. The number of rotatable bonds is 10. The van der Waals surface area contributed by atoms with Crippen LogP contribution in [-0.4, -0.2) is 84.1 Å². The molecule has 10 nitrogen and oxygen atoms in total. The van der Waals surface area contributed by atoms with Crippen LogP contribution < -0.4 is 5.32 Å². The Kier molecular flexibility index (Phi) is 10.3. The second-order valence-corrected chi connectivity index (χ2v) is 11.2. The number of amides is 3. The average molecular weight is 564 g/mol. The van der Waals surface area contributed by atoms with Crippen LogP contribution in [0, 0.1) is 16.0 Å². The van der Waals surface area contributed by atoms with Crippen LogP contribution in [0.2, 0.25) is 0 Å². The third-order valence-corrected chi connectivity index (χ3v) is 8.22. The van der Waals surface area contributed by atoms with Crippen LogP contribution in [0.3, 0.4) is 0 Å². The molecule has 0 spiro atoms. The fraction of sp³-hybridized carbons (Fsp3) is 0.484. The molecule has 1 saturated carbocycles. The third-order valence-electron chi connectivity index (χ3n) is 8.22. The molecule has 2 aliphatic rings. The normalized spacial score (nSPS) is 21.2. The fourth-order valence-corrected chi connectivity index (χ4v) is 6.06. The van der Waals surface area contributed by atoms with E-state index in [2.05, 4.69) is 41.1 Å². The summed E-state index contributed by atoms with van der Waals surface area (Å²) in [5.41, 5.74) is 2.02. The Morgan fingerprint density at radius 2 is 1.78 bits per heavy atom. The van der Waals surface area contributed by atoms with Crippen LogP contribution in [0.4, 0.5) is 15.3 Å². The third kappa shape index (κ3) is 8.07. The Labute approximate surface area is 242 Å². The number of likely N-dealkylation sites (tertiary alicyclic amines) is 1. The maximum absolute atomic E-state index is 13.0. The first-order chi connectivity index (χ1) is 19.7. The highest BCUT2D eigenvalue weighted by Crippen LogP contribution is 2.40. The molecule has 3 amide bonds. The molecule has 1 aliphatic carbocycles. The highest BCUT2D eigenvalue weighted by Gasteiger charge is 2.38. The van der Waals surface area contributed by atoms with Crippen LogP contribution in [0.1, 0.15) is 42.7 Å². The molecule has 0 bridgehead atoms. The molecule has 0 unspecified atom stereocenters. The smallest absolute Gasteiger partial charge is 0.410 e. The van der Waals surface area contributed by atoms with Gasteiger partial charge in [-0.1, -0.05) is 36.4 Å². The predicted molar refractivity (Wildman–Crippen MR) is 158 cm³/mol. The number of urea groups is 1. The number of benzene rings is 2. The lowest BCUT2D eigenvalue weighted by molar-refractivity contribution is -0.384. The topological polar surface area (TPSA) is 108 Å². The zero-order valence-electron chi connectivity index (χ0n) is 24.0. The number of non-ortho nitro benzene ring substituents is 1. The molecule has 0 radical (unpaired) electrons. The summed E-state index contributed by atoms with van der Waals surface area (Å²) in [4.78, 5) is 41.6. The quantitative estimate of drug-likeness (QED) is 0.247. The molecule has 1 heterocycles. The molecule has 10 heteroatoms. The van der Waals surface area contributed by atoms with E-state index in [0.29, 0.717) is 23.9 Å². The van der Waals surface area contributed by atoms with Gasteiger partial charge in [-0.25, -0.2) is 9.59 Å². The number of carbonyl (C=O) groups excluding carboxylic acids is 2. The molecular formula is C31H41N5O5. The number of piperidine rings is 1. The van der Waals surface area contributed by atoms with Gasteiger partial charge in [-0.2, -0.15) is 0 Å². The van der Waals surface area contributed by atoms with Gasteiger partial charge in [0.05, 0.1) is 4.92 Å². The van der Waals surface area contributed by atoms with E-state index in [9.17, 15) is 19.7 Å². The van der Waals surface area contributed by atoms with Gasteiger partial charge >= 0.3 is 12.1 Å². The molecule has 0 aromatic heterocycles. The summed E-state index contributed by atoms with van der Waals surface area (Å²) in [6.07, 6.45) is 4.86. The summed E-state index contributed by atoms with van der Waals surface area (Å²) in [5.74, 6) is 0.811. The first kappa shape index (κ1) is 30.0. The maximum atomic E-state index is 13.0. The Bertz CT molecular complexity index is 1180. The number of nitrogens with zero attached hydrogens (tertiary/aromatic N) is 4.